The van der Waals surface area contributed by atoms with Crippen LogP contribution in [0.2, 0.25) is 0 Å². The van der Waals surface area contributed by atoms with E-state index in [0.717, 1.165) is 19.4 Å². The third kappa shape index (κ3) is 2.76. The van der Waals surface area contributed by atoms with E-state index < -0.39 is 0 Å². The van der Waals surface area contributed by atoms with Crippen molar-refractivity contribution in [2.24, 2.45) is 0 Å². The van der Waals surface area contributed by atoms with E-state index in [0.29, 0.717) is 22.7 Å². The second kappa shape index (κ2) is 6.60. The highest BCUT2D eigenvalue weighted by Gasteiger charge is 2.31. The first-order valence-electron chi connectivity index (χ1n) is 8.43. The van der Waals surface area contributed by atoms with Crippen LogP contribution in [0.3, 0.4) is 0 Å². The number of aliphatic hydroxyl groups is 1. The lowest BCUT2D eigenvalue weighted by Crippen LogP contribution is -2.33. The molecular formula is C18H19N5O2. The van der Waals surface area contributed by atoms with Gasteiger partial charge < -0.3 is 10.0 Å². The van der Waals surface area contributed by atoms with Gasteiger partial charge in [-0.05, 0) is 31.0 Å². The Balaban J connectivity index is 1.87. The second-order valence-corrected chi connectivity index (χ2v) is 6.07. The molecule has 1 aromatic carbocycles. The molecule has 25 heavy (non-hydrogen) atoms. The van der Waals surface area contributed by atoms with Crippen LogP contribution >= 0.6 is 0 Å². The molecule has 7 heteroatoms. The minimum absolute atomic E-state index is 0.0775. The average Bonchev–Trinajstić information content (AvgIpc) is 3.14. The molecule has 128 valence electrons. The number of rotatable bonds is 4. The summed E-state index contributed by atoms with van der Waals surface area (Å²) in [6.07, 6.45) is 5.28. The summed E-state index contributed by atoms with van der Waals surface area (Å²) < 4.78 is 1.59. The standard InChI is InChI=1S/C18H19N5O2/c24-12-11-23-16(21-14-6-2-1-5-13(14)17(23)25)15-7-3-10-22(15)18-19-8-4-9-20-18/h1-2,4-6,8-9,15,24H,3,7,10-12H2. The van der Waals surface area contributed by atoms with E-state index in [1.54, 1.807) is 29.1 Å². The van der Waals surface area contributed by atoms with Gasteiger partial charge in [0.1, 0.15) is 5.82 Å². The Labute approximate surface area is 144 Å². The van der Waals surface area contributed by atoms with Gasteiger partial charge in [0.15, 0.2) is 0 Å². The van der Waals surface area contributed by atoms with E-state index in [2.05, 4.69) is 14.9 Å². The number of hydrogen-bond acceptors (Lipinski definition) is 6. The molecule has 1 unspecified atom stereocenters. The fourth-order valence-electron chi connectivity index (χ4n) is 3.47. The van der Waals surface area contributed by atoms with Gasteiger partial charge in [0.05, 0.1) is 30.1 Å². The Morgan fingerprint density at radius 1 is 1.16 bits per heavy atom. The van der Waals surface area contributed by atoms with Crippen LogP contribution in [0.4, 0.5) is 5.95 Å². The van der Waals surface area contributed by atoms with Gasteiger partial charge in [-0.15, -0.1) is 0 Å². The Morgan fingerprint density at radius 3 is 2.76 bits per heavy atom. The molecule has 3 heterocycles. The molecule has 0 amide bonds. The van der Waals surface area contributed by atoms with Crippen molar-refractivity contribution in [1.29, 1.82) is 0 Å². The van der Waals surface area contributed by atoms with E-state index in [4.69, 9.17) is 4.98 Å². The lowest BCUT2D eigenvalue weighted by Gasteiger charge is -2.26. The van der Waals surface area contributed by atoms with Crippen molar-refractivity contribution in [1.82, 2.24) is 19.5 Å². The highest BCUT2D eigenvalue weighted by molar-refractivity contribution is 5.77. The van der Waals surface area contributed by atoms with E-state index in [1.165, 1.54) is 0 Å². The number of benzene rings is 1. The third-order valence-electron chi connectivity index (χ3n) is 4.57. The molecule has 7 nitrogen and oxygen atoms in total. The first kappa shape index (κ1) is 15.7. The van der Waals surface area contributed by atoms with Crippen LogP contribution < -0.4 is 10.5 Å². The van der Waals surface area contributed by atoms with E-state index >= 15 is 0 Å². The topological polar surface area (TPSA) is 84.1 Å². The summed E-state index contributed by atoms with van der Waals surface area (Å²) in [6, 6.07) is 9.03. The first-order valence-corrected chi connectivity index (χ1v) is 8.43. The highest BCUT2D eigenvalue weighted by Crippen LogP contribution is 2.33. The zero-order valence-corrected chi connectivity index (χ0v) is 13.7. The van der Waals surface area contributed by atoms with Crippen LogP contribution in [0.5, 0.6) is 0 Å². The van der Waals surface area contributed by atoms with Crippen molar-refractivity contribution >= 4 is 16.9 Å². The molecule has 0 bridgehead atoms. The predicted molar refractivity (Wildman–Crippen MR) is 94.4 cm³/mol. The number of nitrogens with zero attached hydrogens (tertiary/aromatic N) is 5. The molecule has 1 fully saturated rings. The molecule has 0 saturated carbocycles. The number of para-hydroxylation sites is 1. The number of hydrogen-bond donors (Lipinski definition) is 1. The summed E-state index contributed by atoms with van der Waals surface area (Å²) in [7, 11) is 0. The minimum atomic E-state index is -0.115. The quantitative estimate of drug-likeness (QED) is 0.777. The number of anilines is 1. The predicted octanol–water partition coefficient (Wildman–Crippen LogP) is 1.52. The van der Waals surface area contributed by atoms with Crippen molar-refractivity contribution in [3.63, 3.8) is 0 Å². The van der Waals surface area contributed by atoms with Crippen molar-refractivity contribution in [3.8, 4) is 0 Å². The summed E-state index contributed by atoms with van der Waals surface area (Å²) in [6.45, 7) is 0.934. The molecular weight excluding hydrogens is 318 g/mol. The fraction of sp³-hybridized carbons (Fsp3) is 0.333. The van der Waals surface area contributed by atoms with Crippen molar-refractivity contribution < 1.29 is 5.11 Å². The van der Waals surface area contributed by atoms with Crippen molar-refractivity contribution in [3.05, 3.63) is 58.9 Å². The largest absolute Gasteiger partial charge is 0.395 e. The molecule has 1 saturated heterocycles. The Morgan fingerprint density at radius 2 is 1.96 bits per heavy atom. The molecule has 1 atom stereocenters. The Bertz CT molecular complexity index is 941. The van der Waals surface area contributed by atoms with Gasteiger partial charge in [0.25, 0.3) is 5.56 Å². The number of fused-ring (bicyclic) bond motifs is 1. The van der Waals surface area contributed by atoms with Gasteiger partial charge in [0.2, 0.25) is 5.95 Å². The molecule has 1 N–H and O–H groups in total. The fourth-order valence-corrected chi connectivity index (χ4v) is 3.47. The Hall–Kier alpha value is -2.80. The van der Waals surface area contributed by atoms with Crippen LogP contribution in [0.15, 0.2) is 47.5 Å². The zero-order valence-electron chi connectivity index (χ0n) is 13.7. The molecule has 0 aliphatic carbocycles. The zero-order chi connectivity index (χ0) is 17.2. The first-order chi connectivity index (χ1) is 12.3. The lowest BCUT2D eigenvalue weighted by molar-refractivity contribution is 0.270. The van der Waals surface area contributed by atoms with Crippen LogP contribution in [0, 0.1) is 0 Å². The lowest BCUT2D eigenvalue weighted by atomic mass is 10.1. The van der Waals surface area contributed by atoms with Gasteiger partial charge in [0, 0.05) is 18.9 Å². The smallest absolute Gasteiger partial charge is 0.261 e. The van der Waals surface area contributed by atoms with Crippen LogP contribution in [0.25, 0.3) is 10.9 Å². The van der Waals surface area contributed by atoms with E-state index in [-0.39, 0.29) is 24.8 Å². The molecule has 1 aliphatic heterocycles. The summed E-state index contributed by atoms with van der Waals surface area (Å²) in [5.41, 5.74) is 0.563. The van der Waals surface area contributed by atoms with Gasteiger partial charge in [-0.1, -0.05) is 12.1 Å². The molecule has 4 rings (SSSR count). The number of aromatic nitrogens is 4. The molecule has 3 aromatic rings. The molecule has 0 radical (unpaired) electrons. The summed E-state index contributed by atoms with van der Waals surface area (Å²) in [5, 5.41) is 10.0. The third-order valence-corrected chi connectivity index (χ3v) is 4.57. The van der Waals surface area contributed by atoms with Gasteiger partial charge in [-0.3, -0.25) is 9.36 Å². The monoisotopic (exact) mass is 337 g/mol. The van der Waals surface area contributed by atoms with Gasteiger partial charge in [-0.2, -0.15) is 0 Å². The van der Waals surface area contributed by atoms with Gasteiger partial charge >= 0.3 is 0 Å². The van der Waals surface area contributed by atoms with E-state index in [9.17, 15) is 9.90 Å². The molecule has 2 aromatic heterocycles. The second-order valence-electron chi connectivity index (χ2n) is 6.07. The van der Waals surface area contributed by atoms with Gasteiger partial charge in [-0.25, -0.2) is 15.0 Å². The molecule has 0 spiro atoms. The SMILES string of the molecule is O=c1c2ccccc2nc(C2CCCN2c2ncccn2)n1CCO. The van der Waals surface area contributed by atoms with Crippen LogP contribution in [-0.4, -0.2) is 37.8 Å². The average molecular weight is 337 g/mol. The minimum Gasteiger partial charge on any atom is -0.395 e. The summed E-state index contributed by atoms with van der Waals surface area (Å²) in [5.74, 6) is 1.31. The van der Waals surface area contributed by atoms with Crippen LogP contribution in [0.1, 0.15) is 24.7 Å². The normalized spacial score (nSPS) is 17.3. The maximum Gasteiger partial charge on any atom is 0.261 e. The molecule has 1 aliphatic rings. The summed E-state index contributed by atoms with van der Waals surface area (Å²) in [4.78, 5) is 28.5. The van der Waals surface area contributed by atoms with Crippen LogP contribution in [-0.2, 0) is 6.54 Å². The van der Waals surface area contributed by atoms with Crippen molar-refractivity contribution in [2.75, 3.05) is 18.1 Å². The summed E-state index contributed by atoms with van der Waals surface area (Å²) >= 11 is 0. The maximum absolute atomic E-state index is 12.9. The maximum atomic E-state index is 12.9. The van der Waals surface area contributed by atoms with E-state index in [1.807, 2.05) is 18.2 Å². The van der Waals surface area contributed by atoms with Crippen molar-refractivity contribution in [2.45, 2.75) is 25.4 Å². The highest BCUT2D eigenvalue weighted by atomic mass is 16.3. The number of aliphatic hydroxyl groups excluding tert-OH is 1. The Kier molecular flexibility index (Phi) is 4.15.